The molecule has 0 aromatic heterocycles. The molecule has 0 N–H and O–H groups in total. The van der Waals surface area contributed by atoms with Crippen molar-refractivity contribution in [2.75, 3.05) is 6.54 Å². The van der Waals surface area contributed by atoms with Crippen LogP contribution >= 0.6 is 0 Å². The molecule has 0 radical (unpaired) electrons. The van der Waals surface area contributed by atoms with Crippen molar-refractivity contribution in [2.45, 2.75) is 6.10 Å². The minimum absolute atomic E-state index is 0.125. The molecule has 0 bridgehead atoms. The molecule has 0 saturated carbocycles. The number of nitrogens with zero attached hydrogens (tertiary/aromatic N) is 1. The van der Waals surface area contributed by atoms with Gasteiger partial charge in [0, 0.05) is 0 Å². The zero-order valence-corrected chi connectivity index (χ0v) is 7.26. The summed E-state index contributed by atoms with van der Waals surface area (Å²) < 4.78 is 5.20. The number of aliphatic imine (C=N–C) groups is 1. The first-order valence-corrected chi connectivity index (χ1v) is 4.32. The lowest BCUT2D eigenvalue weighted by molar-refractivity contribution is 0.286. The third-order valence-corrected chi connectivity index (χ3v) is 1.90. The van der Waals surface area contributed by atoms with Crippen LogP contribution in [-0.4, -0.2) is 19.0 Å². The van der Waals surface area contributed by atoms with E-state index in [1.807, 2.05) is 24.3 Å². The van der Waals surface area contributed by atoms with Crippen molar-refractivity contribution < 1.29 is 4.74 Å². The third-order valence-electron chi connectivity index (χ3n) is 1.90. The Hall–Kier alpha value is -1.57. The Balaban J connectivity index is 1.97. The molecule has 0 spiro atoms. The van der Waals surface area contributed by atoms with Crippen LogP contribution in [-0.2, 0) is 4.74 Å². The molecule has 0 saturated heterocycles. The van der Waals surface area contributed by atoms with E-state index in [1.165, 1.54) is 12.0 Å². The highest BCUT2D eigenvalue weighted by molar-refractivity contribution is 5.53. The van der Waals surface area contributed by atoms with Gasteiger partial charge in [0.25, 0.3) is 0 Å². The molecule has 1 aliphatic rings. The first kappa shape index (κ1) is 8.05. The van der Waals surface area contributed by atoms with Gasteiger partial charge in [0.2, 0.25) is 0 Å². The fraction of sp³-hybridized carbons (Fsp3) is 0.182. The van der Waals surface area contributed by atoms with E-state index in [9.17, 15) is 0 Å². The molecular formula is C11H11NO. The van der Waals surface area contributed by atoms with Gasteiger partial charge in [-0.25, -0.2) is 0 Å². The maximum absolute atomic E-state index is 5.20. The van der Waals surface area contributed by atoms with Crippen LogP contribution in [0.2, 0.25) is 0 Å². The first-order chi connectivity index (χ1) is 6.45. The Bertz CT molecular complexity index is 308. The van der Waals surface area contributed by atoms with Crippen LogP contribution in [0.15, 0.2) is 41.4 Å². The van der Waals surface area contributed by atoms with Crippen molar-refractivity contribution in [3.05, 3.63) is 42.0 Å². The van der Waals surface area contributed by atoms with E-state index in [-0.39, 0.29) is 6.10 Å². The summed E-state index contributed by atoms with van der Waals surface area (Å²) in [5.41, 5.74) is 1.19. The molecule has 1 aromatic carbocycles. The van der Waals surface area contributed by atoms with E-state index >= 15 is 0 Å². The Morgan fingerprint density at radius 2 is 2.15 bits per heavy atom. The number of benzene rings is 1. The van der Waals surface area contributed by atoms with Gasteiger partial charge in [-0.1, -0.05) is 36.4 Å². The highest BCUT2D eigenvalue weighted by atomic mass is 16.5. The van der Waals surface area contributed by atoms with Gasteiger partial charge in [0.1, 0.15) is 6.10 Å². The van der Waals surface area contributed by atoms with E-state index in [0.29, 0.717) is 0 Å². The zero-order chi connectivity index (χ0) is 8.93. The van der Waals surface area contributed by atoms with E-state index in [4.69, 9.17) is 4.74 Å². The van der Waals surface area contributed by atoms with Gasteiger partial charge in [-0.3, -0.25) is 4.99 Å². The van der Waals surface area contributed by atoms with Crippen LogP contribution in [0.5, 0.6) is 0 Å². The van der Waals surface area contributed by atoms with Crippen molar-refractivity contribution in [3.63, 3.8) is 0 Å². The number of hydrogen-bond donors (Lipinski definition) is 0. The van der Waals surface area contributed by atoms with Crippen LogP contribution in [0, 0.1) is 0 Å². The van der Waals surface area contributed by atoms with Gasteiger partial charge in [0.05, 0.1) is 6.54 Å². The van der Waals surface area contributed by atoms with E-state index in [0.717, 1.165) is 6.54 Å². The topological polar surface area (TPSA) is 21.6 Å². The summed E-state index contributed by atoms with van der Waals surface area (Å²) >= 11 is 0. The second kappa shape index (κ2) is 3.90. The standard InChI is InChI=1S/C11H11NO/c1-2-4-10(5-3-1)6-7-11-8-12-9-13-11/h1-7,9,11H,8H2. The normalized spacial score (nSPS) is 20.8. The van der Waals surface area contributed by atoms with E-state index in [2.05, 4.69) is 23.2 Å². The summed E-state index contributed by atoms with van der Waals surface area (Å²) in [5, 5.41) is 0. The molecule has 1 unspecified atom stereocenters. The van der Waals surface area contributed by atoms with Gasteiger partial charge < -0.3 is 4.74 Å². The monoisotopic (exact) mass is 173 g/mol. The van der Waals surface area contributed by atoms with Crippen molar-refractivity contribution in [1.29, 1.82) is 0 Å². The highest BCUT2D eigenvalue weighted by Gasteiger charge is 2.06. The van der Waals surface area contributed by atoms with Gasteiger partial charge >= 0.3 is 0 Å². The Labute approximate surface area is 77.6 Å². The molecule has 0 fully saturated rings. The second-order valence-corrected chi connectivity index (χ2v) is 2.91. The molecule has 1 aromatic rings. The number of rotatable bonds is 2. The van der Waals surface area contributed by atoms with Crippen LogP contribution < -0.4 is 0 Å². The number of ether oxygens (including phenoxy) is 1. The summed E-state index contributed by atoms with van der Waals surface area (Å²) in [5.74, 6) is 0. The molecular weight excluding hydrogens is 162 g/mol. The maximum atomic E-state index is 5.20. The lowest BCUT2D eigenvalue weighted by Gasteiger charge is -2.00. The largest absolute Gasteiger partial charge is 0.474 e. The summed E-state index contributed by atoms with van der Waals surface area (Å²) in [6.07, 6.45) is 5.72. The first-order valence-electron chi connectivity index (χ1n) is 4.32. The van der Waals surface area contributed by atoms with Gasteiger partial charge in [-0.15, -0.1) is 0 Å². The zero-order valence-electron chi connectivity index (χ0n) is 7.26. The SMILES string of the molecule is C(=CC1CN=CO1)c1ccccc1. The molecule has 1 atom stereocenters. The summed E-state index contributed by atoms with van der Waals surface area (Å²) in [6.45, 7) is 0.739. The average Bonchev–Trinajstić information content (AvgIpc) is 2.69. The quantitative estimate of drug-likeness (QED) is 0.671. The minimum Gasteiger partial charge on any atom is -0.474 e. The molecule has 66 valence electrons. The van der Waals surface area contributed by atoms with Crippen molar-refractivity contribution in [1.82, 2.24) is 0 Å². The fourth-order valence-electron chi connectivity index (χ4n) is 1.20. The highest BCUT2D eigenvalue weighted by Crippen LogP contribution is 2.05. The summed E-state index contributed by atoms with van der Waals surface area (Å²) in [4.78, 5) is 3.98. The Morgan fingerprint density at radius 1 is 1.31 bits per heavy atom. The maximum Gasteiger partial charge on any atom is 0.170 e. The molecule has 13 heavy (non-hydrogen) atoms. The van der Waals surface area contributed by atoms with Crippen LogP contribution in [0.4, 0.5) is 0 Å². The fourth-order valence-corrected chi connectivity index (χ4v) is 1.20. The smallest absolute Gasteiger partial charge is 0.170 e. The minimum atomic E-state index is 0.125. The van der Waals surface area contributed by atoms with E-state index in [1.54, 1.807) is 0 Å². The predicted octanol–water partition coefficient (Wildman–Crippen LogP) is 2.13. The Kier molecular flexibility index (Phi) is 2.41. The predicted molar refractivity (Wildman–Crippen MR) is 53.7 cm³/mol. The summed E-state index contributed by atoms with van der Waals surface area (Å²) in [7, 11) is 0. The van der Waals surface area contributed by atoms with Crippen molar-refractivity contribution in [3.8, 4) is 0 Å². The summed E-state index contributed by atoms with van der Waals surface area (Å²) in [6, 6.07) is 10.2. The van der Waals surface area contributed by atoms with Gasteiger partial charge in [-0.05, 0) is 11.6 Å². The average molecular weight is 173 g/mol. The second-order valence-electron chi connectivity index (χ2n) is 2.91. The van der Waals surface area contributed by atoms with Crippen molar-refractivity contribution in [2.24, 2.45) is 4.99 Å². The van der Waals surface area contributed by atoms with E-state index < -0.39 is 0 Å². The lowest BCUT2D eigenvalue weighted by atomic mass is 10.2. The molecule has 0 aliphatic carbocycles. The number of hydrogen-bond acceptors (Lipinski definition) is 2. The van der Waals surface area contributed by atoms with Crippen molar-refractivity contribution >= 4 is 12.5 Å². The van der Waals surface area contributed by atoms with Crippen LogP contribution in [0.25, 0.3) is 6.08 Å². The molecule has 2 rings (SSSR count). The molecule has 2 nitrogen and oxygen atoms in total. The molecule has 0 amide bonds. The molecule has 1 aliphatic heterocycles. The Morgan fingerprint density at radius 3 is 2.85 bits per heavy atom. The lowest BCUT2D eigenvalue weighted by Crippen LogP contribution is -2.04. The van der Waals surface area contributed by atoms with Crippen LogP contribution in [0.3, 0.4) is 0 Å². The third kappa shape index (κ3) is 2.18. The molecule has 1 heterocycles. The van der Waals surface area contributed by atoms with Gasteiger partial charge in [0.15, 0.2) is 6.40 Å². The molecule has 2 heteroatoms. The van der Waals surface area contributed by atoms with Gasteiger partial charge in [-0.2, -0.15) is 0 Å². The van der Waals surface area contributed by atoms with Crippen LogP contribution in [0.1, 0.15) is 5.56 Å².